The fourth-order valence-corrected chi connectivity index (χ4v) is 4.54. The molecular formula is C25H31ClN4O2S. The molecule has 176 valence electrons. The predicted octanol–water partition coefficient (Wildman–Crippen LogP) is 6.12. The van der Waals surface area contributed by atoms with Gasteiger partial charge in [-0.3, -0.25) is 9.36 Å². The van der Waals surface area contributed by atoms with Crippen LogP contribution in [0.4, 0.5) is 0 Å². The second-order valence-electron chi connectivity index (χ2n) is 7.89. The van der Waals surface area contributed by atoms with Crippen LogP contribution >= 0.6 is 23.4 Å². The number of nitrogens with one attached hydrogen (secondary N) is 1. The van der Waals surface area contributed by atoms with Gasteiger partial charge in [0.15, 0.2) is 11.0 Å². The first-order chi connectivity index (χ1) is 16.0. The third-order valence-corrected chi connectivity index (χ3v) is 6.55. The maximum atomic E-state index is 12.3. The number of hydrogen-bond donors (Lipinski definition) is 1. The molecule has 2 aromatic carbocycles. The average molecular weight is 487 g/mol. The van der Waals surface area contributed by atoms with Crippen LogP contribution in [0, 0.1) is 6.92 Å². The Morgan fingerprint density at radius 1 is 1.15 bits per heavy atom. The molecule has 3 rings (SSSR count). The largest absolute Gasteiger partial charge is 0.497 e. The fraction of sp³-hybridized carbons (Fsp3) is 0.400. The molecule has 33 heavy (non-hydrogen) atoms. The summed E-state index contributed by atoms with van der Waals surface area (Å²) >= 11 is 7.89. The second-order valence-corrected chi connectivity index (χ2v) is 9.27. The third-order valence-electron chi connectivity index (χ3n) is 5.32. The number of ether oxygens (including phenoxy) is 1. The van der Waals surface area contributed by atoms with E-state index in [-0.39, 0.29) is 5.91 Å². The number of nitrogens with zero attached hydrogens (tertiary/aromatic N) is 3. The Kier molecular flexibility index (Phi) is 9.63. The summed E-state index contributed by atoms with van der Waals surface area (Å²) in [5, 5.41) is 13.2. The average Bonchev–Trinajstić information content (AvgIpc) is 3.23. The molecule has 0 atom stereocenters. The van der Waals surface area contributed by atoms with Gasteiger partial charge in [0.25, 0.3) is 0 Å². The minimum absolute atomic E-state index is 0.0362. The van der Waals surface area contributed by atoms with Crippen molar-refractivity contribution >= 4 is 29.3 Å². The second kappa shape index (κ2) is 12.7. The number of unbranched alkanes of at least 4 members (excludes halogenated alkanes) is 3. The Bertz CT molecular complexity index is 1070. The van der Waals surface area contributed by atoms with E-state index in [1.54, 1.807) is 18.9 Å². The molecule has 1 amide bonds. The number of benzene rings is 2. The van der Waals surface area contributed by atoms with Crippen molar-refractivity contribution in [1.29, 1.82) is 0 Å². The molecule has 0 saturated carbocycles. The molecule has 1 aromatic heterocycles. The molecule has 3 aromatic rings. The van der Waals surface area contributed by atoms with Gasteiger partial charge in [-0.15, -0.1) is 10.2 Å². The van der Waals surface area contributed by atoms with Crippen LogP contribution < -0.4 is 10.1 Å². The van der Waals surface area contributed by atoms with Crippen LogP contribution in [0.2, 0.25) is 5.02 Å². The number of carbonyl (C=O) groups is 1. The van der Waals surface area contributed by atoms with Crippen molar-refractivity contribution in [3.05, 3.63) is 64.4 Å². The summed E-state index contributed by atoms with van der Waals surface area (Å²) in [5.41, 5.74) is 3.08. The molecule has 0 aliphatic heterocycles. The number of amides is 1. The van der Waals surface area contributed by atoms with E-state index in [0.29, 0.717) is 29.6 Å². The van der Waals surface area contributed by atoms with Crippen molar-refractivity contribution in [2.45, 2.75) is 63.4 Å². The van der Waals surface area contributed by atoms with E-state index in [1.165, 1.54) is 0 Å². The molecule has 1 heterocycles. The molecule has 0 aliphatic rings. The number of halogens is 1. The number of thioether (sulfide) groups is 1. The van der Waals surface area contributed by atoms with E-state index >= 15 is 0 Å². The highest BCUT2D eigenvalue weighted by Crippen LogP contribution is 2.29. The van der Waals surface area contributed by atoms with E-state index in [2.05, 4.69) is 28.5 Å². The van der Waals surface area contributed by atoms with Gasteiger partial charge in [0.1, 0.15) is 5.75 Å². The van der Waals surface area contributed by atoms with Gasteiger partial charge >= 0.3 is 0 Å². The van der Waals surface area contributed by atoms with Crippen LogP contribution in [-0.4, -0.2) is 27.8 Å². The molecule has 8 heteroatoms. The number of aryl methyl sites for hydroxylation is 1. The highest BCUT2D eigenvalue weighted by atomic mass is 35.5. The van der Waals surface area contributed by atoms with E-state index in [1.807, 2.05) is 47.9 Å². The number of carbonyl (C=O) groups excluding carboxylic acids is 1. The number of hydrogen-bond acceptors (Lipinski definition) is 5. The molecule has 0 aliphatic carbocycles. The quantitative estimate of drug-likeness (QED) is 0.247. The minimum atomic E-state index is 0.0362. The van der Waals surface area contributed by atoms with Crippen molar-refractivity contribution in [2.75, 3.05) is 7.11 Å². The first kappa shape index (κ1) is 25.1. The van der Waals surface area contributed by atoms with E-state index in [9.17, 15) is 4.79 Å². The number of aromatic nitrogens is 3. The Morgan fingerprint density at radius 2 is 2.00 bits per heavy atom. The van der Waals surface area contributed by atoms with Gasteiger partial charge < -0.3 is 10.1 Å². The van der Waals surface area contributed by atoms with Gasteiger partial charge in [-0.2, -0.15) is 0 Å². The summed E-state index contributed by atoms with van der Waals surface area (Å²) in [6, 6.07) is 13.7. The lowest BCUT2D eigenvalue weighted by Crippen LogP contribution is -2.24. The summed E-state index contributed by atoms with van der Waals surface area (Å²) in [7, 11) is 1.66. The van der Waals surface area contributed by atoms with Crippen molar-refractivity contribution in [3.8, 4) is 11.4 Å². The molecule has 0 spiro atoms. The number of methoxy groups -OCH3 is 1. The van der Waals surface area contributed by atoms with E-state index in [0.717, 1.165) is 53.4 Å². The Morgan fingerprint density at radius 3 is 2.79 bits per heavy atom. The summed E-state index contributed by atoms with van der Waals surface area (Å²) in [5.74, 6) is 2.24. The lowest BCUT2D eigenvalue weighted by Gasteiger charge is -2.14. The van der Waals surface area contributed by atoms with Crippen molar-refractivity contribution < 1.29 is 9.53 Å². The highest BCUT2D eigenvalue weighted by molar-refractivity contribution is 7.98. The maximum absolute atomic E-state index is 12.3. The zero-order valence-electron chi connectivity index (χ0n) is 19.4. The summed E-state index contributed by atoms with van der Waals surface area (Å²) < 4.78 is 7.32. The van der Waals surface area contributed by atoms with Crippen molar-refractivity contribution in [2.24, 2.45) is 0 Å². The zero-order valence-corrected chi connectivity index (χ0v) is 21.0. The molecule has 6 nitrogen and oxygen atoms in total. The topological polar surface area (TPSA) is 69.0 Å². The van der Waals surface area contributed by atoms with E-state index < -0.39 is 0 Å². The molecule has 0 unspecified atom stereocenters. The first-order valence-corrected chi connectivity index (χ1v) is 12.6. The van der Waals surface area contributed by atoms with Crippen LogP contribution in [0.3, 0.4) is 0 Å². The molecule has 0 bridgehead atoms. The fourth-order valence-electron chi connectivity index (χ4n) is 3.46. The zero-order chi connectivity index (χ0) is 23.6. The predicted molar refractivity (Wildman–Crippen MR) is 134 cm³/mol. The Hall–Kier alpha value is -2.51. The van der Waals surface area contributed by atoms with Crippen molar-refractivity contribution in [1.82, 2.24) is 20.1 Å². The summed E-state index contributed by atoms with van der Waals surface area (Å²) in [6.07, 6.45) is 4.82. The molecule has 0 saturated heterocycles. The van der Waals surface area contributed by atoms with Crippen LogP contribution in [0.5, 0.6) is 5.75 Å². The van der Waals surface area contributed by atoms with Gasteiger partial charge in [0.2, 0.25) is 5.91 Å². The van der Waals surface area contributed by atoms with Crippen LogP contribution in [0.1, 0.15) is 56.0 Å². The Balaban J connectivity index is 1.79. The molecule has 0 fully saturated rings. The maximum Gasteiger partial charge on any atom is 0.220 e. The minimum Gasteiger partial charge on any atom is -0.497 e. The summed E-state index contributed by atoms with van der Waals surface area (Å²) in [4.78, 5) is 12.3. The molecule has 1 N–H and O–H groups in total. The Labute approximate surface area is 205 Å². The van der Waals surface area contributed by atoms with Gasteiger partial charge in [-0.05, 0) is 48.7 Å². The molecule has 0 radical (unpaired) electrons. The monoisotopic (exact) mass is 486 g/mol. The highest BCUT2D eigenvalue weighted by Gasteiger charge is 2.17. The SMILES string of the molecule is CCCCCCC(=O)NCc1nnc(SCc2cccc(OC)c2)n1-c1cc(Cl)ccc1C. The normalized spacial score (nSPS) is 10.9. The van der Waals surface area contributed by atoms with Crippen LogP contribution in [0.15, 0.2) is 47.6 Å². The lowest BCUT2D eigenvalue weighted by molar-refractivity contribution is -0.121. The third kappa shape index (κ3) is 7.24. The van der Waals surface area contributed by atoms with Gasteiger partial charge in [0.05, 0.1) is 19.3 Å². The smallest absolute Gasteiger partial charge is 0.220 e. The molecular weight excluding hydrogens is 456 g/mol. The van der Waals surface area contributed by atoms with Crippen molar-refractivity contribution in [3.63, 3.8) is 0 Å². The standard InChI is InChI=1S/C25H31ClN4O2S/c1-4-5-6-7-11-24(31)27-16-23-28-29-25(30(23)22-15-20(26)13-12-18(22)2)33-17-19-9-8-10-21(14-19)32-3/h8-10,12-15H,4-7,11,16-17H2,1-3H3,(H,27,31). The summed E-state index contributed by atoms with van der Waals surface area (Å²) in [6.45, 7) is 4.50. The van der Waals surface area contributed by atoms with Gasteiger partial charge in [0, 0.05) is 17.2 Å². The first-order valence-electron chi connectivity index (χ1n) is 11.2. The lowest BCUT2D eigenvalue weighted by atomic mass is 10.1. The van der Waals surface area contributed by atoms with Crippen LogP contribution in [0.25, 0.3) is 5.69 Å². The van der Waals surface area contributed by atoms with Crippen LogP contribution in [-0.2, 0) is 17.1 Å². The number of rotatable bonds is 12. The van der Waals surface area contributed by atoms with Gasteiger partial charge in [-0.25, -0.2) is 0 Å². The van der Waals surface area contributed by atoms with E-state index in [4.69, 9.17) is 16.3 Å². The van der Waals surface area contributed by atoms with Gasteiger partial charge in [-0.1, -0.05) is 67.7 Å².